The first-order valence-corrected chi connectivity index (χ1v) is 7.85. The number of hydrogen-bond acceptors (Lipinski definition) is 5. The predicted molar refractivity (Wildman–Crippen MR) is 95.0 cm³/mol. The molecule has 0 aliphatic carbocycles. The summed E-state index contributed by atoms with van der Waals surface area (Å²) in [5.41, 5.74) is 5.76. The molecule has 0 aliphatic rings. The Balaban J connectivity index is 2.09. The lowest BCUT2D eigenvalue weighted by molar-refractivity contribution is -0.384. The van der Waals surface area contributed by atoms with Crippen molar-refractivity contribution in [3.05, 3.63) is 68.7 Å². The molecule has 0 fully saturated rings. The minimum atomic E-state index is -0.598. The zero-order chi connectivity index (χ0) is 19.3. The molecule has 26 heavy (non-hydrogen) atoms. The number of nitrogens with two attached hydrogens (primary N) is 1. The Morgan fingerprint density at radius 3 is 2.46 bits per heavy atom. The molecule has 2 N–H and O–H groups in total. The van der Waals surface area contributed by atoms with Gasteiger partial charge in [0.25, 0.3) is 17.5 Å². The van der Waals surface area contributed by atoms with Crippen LogP contribution in [-0.4, -0.2) is 35.3 Å². The number of benzene rings is 2. The number of halogens is 1. The third-order valence-electron chi connectivity index (χ3n) is 3.48. The summed E-state index contributed by atoms with van der Waals surface area (Å²) in [7, 11) is 1.56. The van der Waals surface area contributed by atoms with E-state index in [-0.39, 0.29) is 24.7 Å². The number of nitro groups is 1. The van der Waals surface area contributed by atoms with E-state index in [0.29, 0.717) is 21.9 Å². The number of amides is 2. The highest BCUT2D eigenvalue weighted by Gasteiger charge is 2.16. The summed E-state index contributed by atoms with van der Waals surface area (Å²) in [6.07, 6.45) is 0. The van der Waals surface area contributed by atoms with Gasteiger partial charge in [-0.2, -0.15) is 0 Å². The number of rotatable bonds is 7. The van der Waals surface area contributed by atoms with Gasteiger partial charge in [0.05, 0.1) is 4.92 Å². The fourth-order valence-electron chi connectivity index (χ4n) is 2.19. The normalized spacial score (nSPS) is 10.2. The van der Waals surface area contributed by atoms with E-state index < -0.39 is 10.8 Å². The summed E-state index contributed by atoms with van der Waals surface area (Å²) in [5.74, 6) is -0.488. The molecule has 2 aromatic carbocycles. The van der Waals surface area contributed by atoms with Crippen molar-refractivity contribution in [2.75, 3.05) is 13.7 Å². The van der Waals surface area contributed by atoms with E-state index in [9.17, 15) is 19.7 Å². The van der Waals surface area contributed by atoms with Gasteiger partial charge in [0.2, 0.25) is 0 Å². The maximum Gasteiger partial charge on any atom is 0.269 e. The molecule has 2 amide bonds. The van der Waals surface area contributed by atoms with Crippen LogP contribution in [0.25, 0.3) is 0 Å². The molecule has 2 aromatic rings. The lowest BCUT2D eigenvalue weighted by atomic mass is 10.1. The topological polar surface area (TPSA) is 116 Å². The molecule has 136 valence electrons. The Kier molecular flexibility index (Phi) is 6.13. The summed E-state index contributed by atoms with van der Waals surface area (Å²) >= 11 is 6.06. The smallest absolute Gasteiger partial charge is 0.269 e. The average Bonchev–Trinajstić information content (AvgIpc) is 2.61. The van der Waals surface area contributed by atoms with Crippen molar-refractivity contribution in [2.45, 2.75) is 6.54 Å². The third-order valence-corrected chi connectivity index (χ3v) is 3.85. The molecule has 0 aliphatic heterocycles. The molecule has 0 spiro atoms. The fourth-order valence-corrected chi connectivity index (χ4v) is 2.37. The second kappa shape index (κ2) is 8.30. The largest absolute Gasteiger partial charge is 0.484 e. The summed E-state index contributed by atoms with van der Waals surface area (Å²) in [5, 5.41) is 11.2. The monoisotopic (exact) mass is 377 g/mol. The van der Waals surface area contributed by atoms with Gasteiger partial charge in [-0.05, 0) is 35.9 Å². The summed E-state index contributed by atoms with van der Waals surface area (Å²) < 4.78 is 5.13. The van der Waals surface area contributed by atoms with Gasteiger partial charge < -0.3 is 15.4 Å². The third kappa shape index (κ3) is 4.93. The van der Waals surface area contributed by atoms with Gasteiger partial charge in [0, 0.05) is 36.3 Å². The number of nitro benzene ring substituents is 1. The van der Waals surface area contributed by atoms with Gasteiger partial charge >= 0.3 is 0 Å². The van der Waals surface area contributed by atoms with Crippen molar-refractivity contribution < 1.29 is 19.2 Å². The van der Waals surface area contributed by atoms with Crippen LogP contribution in [0.5, 0.6) is 5.75 Å². The van der Waals surface area contributed by atoms with Crippen LogP contribution in [0.1, 0.15) is 15.9 Å². The Hall–Kier alpha value is -3.13. The van der Waals surface area contributed by atoms with Crippen molar-refractivity contribution in [2.24, 2.45) is 5.73 Å². The lowest BCUT2D eigenvalue weighted by Crippen LogP contribution is -2.26. The first-order valence-electron chi connectivity index (χ1n) is 7.47. The SMILES string of the molecule is CN(Cc1cc([N+](=O)[O-])ccc1Cl)C(=O)c1ccc(OCC(N)=O)cc1. The molecule has 2 rings (SSSR count). The molecule has 0 unspecified atom stereocenters. The number of ether oxygens (including phenoxy) is 1. The molecule has 8 nitrogen and oxygen atoms in total. The minimum Gasteiger partial charge on any atom is -0.484 e. The maximum atomic E-state index is 12.5. The number of non-ortho nitro benzene ring substituents is 1. The van der Waals surface area contributed by atoms with E-state index in [1.807, 2.05) is 0 Å². The average molecular weight is 378 g/mol. The highest BCUT2D eigenvalue weighted by Crippen LogP contribution is 2.24. The predicted octanol–water partition coefficient (Wildman–Crippen LogP) is 2.38. The summed E-state index contributed by atoms with van der Waals surface area (Å²) in [6, 6.07) is 10.3. The van der Waals surface area contributed by atoms with Crippen molar-refractivity contribution in [3.8, 4) is 5.75 Å². The standard InChI is InChI=1S/C17H16ClN3O5/c1-20(9-12-8-13(21(24)25)4-7-15(12)18)17(23)11-2-5-14(6-3-11)26-10-16(19)22/h2-8H,9-10H2,1H3,(H2,19,22). The molecule has 0 heterocycles. The lowest BCUT2D eigenvalue weighted by Gasteiger charge is -2.18. The van der Waals surface area contributed by atoms with Gasteiger partial charge in [-0.15, -0.1) is 0 Å². The van der Waals surface area contributed by atoms with Crippen LogP contribution in [0, 0.1) is 10.1 Å². The molecular weight excluding hydrogens is 362 g/mol. The summed E-state index contributed by atoms with van der Waals surface area (Å²) in [6.45, 7) is -0.141. The minimum absolute atomic E-state index is 0.0961. The first kappa shape index (κ1) is 19.2. The molecule has 0 saturated carbocycles. The van der Waals surface area contributed by atoms with E-state index in [2.05, 4.69) is 0 Å². The van der Waals surface area contributed by atoms with Crippen LogP contribution in [0.2, 0.25) is 5.02 Å². The van der Waals surface area contributed by atoms with Crippen molar-refractivity contribution in [1.29, 1.82) is 0 Å². The Bertz CT molecular complexity index is 839. The Morgan fingerprint density at radius 2 is 1.88 bits per heavy atom. The number of primary amides is 1. The van der Waals surface area contributed by atoms with Crippen LogP contribution >= 0.6 is 11.6 Å². The van der Waals surface area contributed by atoms with E-state index >= 15 is 0 Å². The molecule has 9 heteroatoms. The number of nitrogens with zero attached hydrogens (tertiary/aromatic N) is 2. The van der Waals surface area contributed by atoms with Crippen molar-refractivity contribution in [3.63, 3.8) is 0 Å². The fraction of sp³-hybridized carbons (Fsp3) is 0.176. The van der Waals surface area contributed by atoms with Crippen LogP contribution < -0.4 is 10.5 Å². The Labute approximate surface area is 154 Å². The zero-order valence-corrected chi connectivity index (χ0v) is 14.6. The molecule has 0 radical (unpaired) electrons. The quantitative estimate of drug-likeness (QED) is 0.587. The van der Waals surface area contributed by atoms with Crippen molar-refractivity contribution in [1.82, 2.24) is 4.90 Å². The van der Waals surface area contributed by atoms with Gasteiger partial charge in [0.15, 0.2) is 6.61 Å². The molecule has 0 atom stereocenters. The van der Waals surface area contributed by atoms with Gasteiger partial charge in [0.1, 0.15) is 5.75 Å². The number of hydrogen-bond donors (Lipinski definition) is 1. The molecule has 0 bridgehead atoms. The van der Waals surface area contributed by atoms with Crippen molar-refractivity contribution >= 4 is 29.1 Å². The highest BCUT2D eigenvalue weighted by molar-refractivity contribution is 6.31. The number of carbonyl (C=O) groups is 2. The van der Waals surface area contributed by atoms with Crippen LogP contribution in [-0.2, 0) is 11.3 Å². The van der Waals surface area contributed by atoms with Gasteiger partial charge in [-0.25, -0.2) is 0 Å². The van der Waals surface area contributed by atoms with Crippen LogP contribution in [0.15, 0.2) is 42.5 Å². The van der Waals surface area contributed by atoms with Crippen LogP contribution in [0.3, 0.4) is 0 Å². The second-order valence-electron chi connectivity index (χ2n) is 5.47. The van der Waals surface area contributed by atoms with Gasteiger partial charge in [-0.3, -0.25) is 19.7 Å². The van der Waals surface area contributed by atoms with Crippen LogP contribution in [0.4, 0.5) is 5.69 Å². The molecule has 0 aromatic heterocycles. The zero-order valence-electron chi connectivity index (χ0n) is 13.8. The van der Waals surface area contributed by atoms with E-state index in [0.717, 1.165) is 0 Å². The maximum absolute atomic E-state index is 12.5. The second-order valence-corrected chi connectivity index (χ2v) is 5.88. The van der Waals surface area contributed by atoms with E-state index in [1.54, 1.807) is 31.3 Å². The summed E-state index contributed by atoms with van der Waals surface area (Å²) in [4.78, 5) is 34.9. The molecular formula is C17H16ClN3O5. The highest BCUT2D eigenvalue weighted by atomic mass is 35.5. The van der Waals surface area contributed by atoms with Gasteiger partial charge in [-0.1, -0.05) is 11.6 Å². The Morgan fingerprint density at radius 1 is 1.23 bits per heavy atom. The van der Waals surface area contributed by atoms with E-state index in [4.69, 9.17) is 22.1 Å². The van der Waals surface area contributed by atoms with E-state index in [1.165, 1.54) is 23.1 Å². The first-order chi connectivity index (χ1) is 12.3. The molecule has 0 saturated heterocycles. The number of carbonyl (C=O) groups excluding carboxylic acids is 2.